The van der Waals surface area contributed by atoms with E-state index in [-0.39, 0.29) is 19.1 Å². The van der Waals surface area contributed by atoms with Crippen LogP contribution in [0.1, 0.15) is 5.56 Å². The molecule has 0 saturated carbocycles. The molecule has 0 aromatic heterocycles. The van der Waals surface area contributed by atoms with Gasteiger partial charge in [-0.05, 0) is 12.0 Å². The first-order valence-corrected chi connectivity index (χ1v) is 6.90. The Morgan fingerprint density at radius 3 is 2.67 bits per heavy atom. The Labute approximate surface area is 123 Å². The fourth-order valence-corrected chi connectivity index (χ4v) is 2.12. The van der Waals surface area contributed by atoms with Gasteiger partial charge >= 0.3 is 5.97 Å². The minimum atomic E-state index is -0.931. The number of amides is 1. The van der Waals surface area contributed by atoms with Crippen molar-refractivity contribution < 1.29 is 24.2 Å². The number of carbonyl (C=O) groups excluding carboxylic acids is 1. The molecule has 21 heavy (non-hydrogen) atoms. The molecular weight excluding hydrogens is 274 g/mol. The lowest BCUT2D eigenvalue weighted by Crippen LogP contribution is -2.45. The van der Waals surface area contributed by atoms with E-state index in [1.54, 1.807) is 0 Å². The van der Waals surface area contributed by atoms with Crippen LogP contribution in [0.3, 0.4) is 0 Å². The number of aliphatic carboxylic acids is 1. The van der Waals surface area contributed by atoms with Gasteiger partial charge in [-0.2, -0.15) is 0 Å². The molecule has 1 aliphatic heterocycles. The van der Waals surface area contributed by atoms with Crippen LogP contribution in [-0.4, -0.2) is 49.5 Å². The first-order chi connectivity index (χ1) is 10.2. The molecule has 1 fully saturated rings. The van der Waals surface area contributed by atoms with E-state index < -0.39 is 18.0 Å². The van der Waals surface area contributed by atoms with Crippen LogP contribution in [0.2, 0.25) is 0 Å². The van der Waals surface area contributed by atoms with Crippen molar-refractivity contribution in [1.82, 2.24) is 5.32 Å². The normalized spacial score (nSPS) is 19.7. The third-order valence-corrected chi connectivity index (χ3v) is 3.31. The van der Waals surface area contributed by atoms with Crippen LogP contribution in [-0.2, 0) is 25.5 Å². The Bertz CT molecular complexity index is 470. The highest BCUT2D eigenvalue weighted by Gasteiger charge is 2.25. The topological polar surface area (TPSA) is 84.9 Å². The van der Waals surface area contributed by atoms with Gasteiger partial charge < -0.3 is 19.9 Å². The van der Waals surface area contributed by atoms with Gasteiger partial charge in [0, 0.05) is 6.54 Å². The van der Waals surface area contributed by atoms with Crippen LogP contribution >= 0.6 is 0 Å². The number of carbonyl (C=O) groups is 2. The van der Waals surface area contributed by atoms with Crippen molar-refractivity contribution in [3.05, 3.63) is 35.9 Å². The SMILES string of the molecule is O=C(O)[C@@H](CNC(=O)[C@@H]1COCCO1)Cc1ccccc1. The van der Waals surface area contributed by atoms with Crippen LogP contribution in [0.25, 0.3) is 0 Å². The summed E-state index contributed by atoms with van der Waals surface area (Å²) >= 11 is 0. The predicted molar refractivity (Wildman–Crippen MR) is 74.8 cm³/mol. The van der Waals surface area contributed by atoms with E-state index in [1.807, 2.05) is 30.3 Å². The first-order valence-electron chi connectivity index (χ1n) is 6.90. The zero-order valence-corrected chi connectivity index (χ0v) is 11.7. The maximum absolute atomic E-state index is 11.9. The lowest BCUT2D eigenvalue weighted by atomic mass is 9.99. The number of rotatable bonds is 6. The number of carboxylic acid groups (broad SMARTS) is 1. The molecule has 1 saturated heterocycles. The van der Waals surface area contributed by atoms with E-state index >= 15 is 0 Å². The van der Waals surface area contributed by atoms with Gasteiger partial charge in [-0.3, -0.25) is 9.59 Å². The quantitative estimate of drug-likeness (QED) is 0.796. The van der Waals surface area contributed by atoms with Gasteiger partial charge in [-0.15, -0.1) is 0 Å². The van der Waals surface area contributed by atoms with E-state index in [9.17, 15) is 14.7 Å². The number of ether oxygens (including phenoxy) is 2. The highest BCUT2D eigenvalue weighted by atomic mass is 16.6. The van der Waals surface area contributed by atoms with Gasteiger partial charge in [0.15, 0.2) is 6.10 Å². The smallest absolute Gasteiger partial charge is 0.308 e. The van der Waals surface area contributed by atoms with Gasteiger partial charge in [0.05, 0.1) is 25.7 Å². The number of hydrogen-bond acceptors (Lipinski definition) is 4. The summed E-state index contributed by atoms with van der Waals surface area (Å²) in [5.41, 5.74) is 0.927. The molecule has 0 bridgehead atoms. The average Bonchev–Trinajstić information content (AvgIpc) is 2.52. The molecular formula is C15H19NO5. The number of benzene rings is 1. The second-order valence-electron chi connectivity index (χ2n) is 4.90. The summed E-state index contributed by atoms with van der Waals surface area (Å²) in [6.07, 6.45) is -0.275. The monoisotopic (exact) mass is 293 g/mol. The molecule has 0 spiro atoms. The van der Waals surface area contributed by atoms with Gasteiger partial charge in [-0.1, -0.05) is 30.3 Å². The van der Waals surface area contributed by atoms with Crippen molar-refractivity contribution in [2.45, 2.75) is 12.5 Å². The molecule has 6 nitrogen and oxygen atoms in total. The molecule has 2 rings (SSSR count). The number of carboxylic acids is 1. The van der Waals surface area contributed by atoms with E-state index in [0.29, 0.717) is 19.6 Å². The molecule has 1 aromatic rings. The number of hydrogen-bond donors (Lipinski definition) is 2. The molecule has 114 valence electrons. The first kappa shape index (κ1) is 15.5. The van der Waals surface area contributed by atoms with Crippen molar-refractivity contribution in [2.24, 2.45) is 5.92 Å². The maximum atomic E-state index is 11.9. The van der Waals surface area contributed by atoms with Gasteiger partial charge in [-0.25, -0.2) is 0 Å². The standard InChI is InChI=1S/C15H19NO5/c17-14(13-10-20-6-7-21-13)16-9-12(15(18)19)8-11-4-2-1-3-5-11/h1-5,12-13H,6-10H2,(H,16,17)(H,18,19)/t12-,13+/m1/s1. The van der Waals surface area contributed by atoms with Crippen LogP contribution < -0.4 is 5.32 Å². The van der Waals surface area contributed by atoms with E-state index in [4.69, 9.17) is 9.47 Å². The van der Waals surface area contributed by atoms with Crippen molar-refractivity contribution in [2.75, 3.05) is 26.4 Å². The minimum absolute atomic E-state index is 0.0723. The maximum Gasteiger partial charge on any atom is 0.308 e. The van der Waals surface area contributed by atoms with Gasteiger partial charge in [0.2, 0.25) is 0 Å². The fraction of sp³-hybridized carbons (Fsp3) is 0.467. The summed E-state index contributed by atoms with van der Waals surface area (Å²) in [4.78, 5) is 23.2. The third kappa shape index (κ3) is 4.84. The van der Waals surface area contributed by atoms with Crippen LogP contribution in [0, 0.1) is 5.92 Å². The molecule has 1 aliphatic rings. The second kappa shape index (κ2) is 7.75. The Balaban J connectivity index is 1.85. The van der Waals surface area contributed by atoms with E-state index in [1.165, 1.54) is 0 Å². The molecule has 0 radical (unpaired) electrons. The third-order valence-electron chi connectivity index (χ3n) is 3.31. The summed E-state index contributed by atoms with van der Waals surface area (Å²) in [5.74, 6) is -1.92. The van der Waals surface area contributed by atoms with Gasteiger partial charge in [0.1, 0.15) is 0 Å². The molecule has 0 unspecified atom stereocenters. The molecule has 2 atom stereocenters. The summed E-state index contributed by atoms with van der Waals surface area (Å²) in [5, 5.41) is 11.9. The zero-order valence-electron chi connectivity index (χ0n) is 11.7. The van der Waals surface area contributed by atoms with Crippen LogP contribution in [0.4, 0.5) is 0 Å². The Morgan fingerprint density at radius 1 is 1.29 bits per heavy atom. The summed E-state index contributed by atoms with van der Waals surface area (Å²) in [6.45, 7) is 1.14. The summed E-state index contributed by atoms with van der Waals surface area (Å²) < 4.78 is 10.4. The Hall–Kier alpha value is -1.92. The van der Waals surface area contributed by atoms with E-state index in [2.05, 4.69) is 5.32 Å². The fourth-order valence-electron chi connectivity index (χ4n) is 2.12. The minimum Gasteiger partial charge on any atom is -0.481 e. The number of nitrogens with one attached hydrogen (secondary N) is 1. The summed E-state index contributed by atoms with van der Waals surface area (Å²) in [7, 11) is 0. The van der Waals surface area contributed by atoms with Crippen molar-refractivity contribution in [3.8, 4) is 0 Å². The van der Waals surface area contributed by atoms with Crippen LogP contribution in [0.15, 0.2) is 30.3 Å². The second-order valence-corrected chi connectivity index (χ2v) is 4.90. The van der Waals surface area contributed by atoms with Gasteiger partial charge in [0.25, 0.3) is 5.91 Å². The Morgan fingerprint density at radius 2 is 2.05 bits per heavy atom. The molecule has 2 N–H and O–H groups in total. The highest BCUT2D eigenvalue weighted by molar-refractivity contribution is 5.81. The molecule has 1 aromatic carbocycles. The highest BCUT2D eigenvalue weighted by Crippen LogP contribution is 2.09. The van der Waals surface area contributed by atoms with Crippen molar-refractivity contribution in [1.29, 1.82) is 0 Å². The zero-order chi connectivity index (χ0) is 15.1. The van der Waals surface area contributed by atoms with Crippen LogP contribution in [0.5, 0.6) is 0 Å². The average molecular weight is 293 g/mol. The van der Waals surface area contributed by atoms with E-state index in [0.717, 1.165) is 5.56 Å². The largest absolute Gasteiger partial charge is 0.481 e. The predicted octanol–water partition coefficient (Wildman–Crippen LogP) is 0.462. The molecule has 1 amide bonds. The van der Waals surface area contributed by atoms with Crippen molar-refractivity contribution >= 4 is 11.9 Å². The molecule has 0 aliphatic carbocycles. The summed E-state index contributed by atoms with van der Waals surface area (Å²) in [6, 6.07) is 9.34. The van der Waals surface area contributed by atoms with Crippen molar-refractivity contribution in [3.63, 3.8) is 0 Å². The lowest BCUT2D eigenvalue weighted by Gasteiger charge is -2.23. The molecule has 6 heteroatoms. The lowest BCUT2D eigenvalue weighted by molar-refractivity contribution is -0.148. The Kier molecular flexibility index (Phi) is 5.71. The molecule has 1 heterocycles.